The van der Waals surface area contributed by atoms with Crippen molar-refractivity contribution < 1.29 is 10.2 Å². The zero-order valence-electron chi connectivity index (χ0n) is 9.78. The quantitative estimate of drug-likeness (QED) is 0.688. The van der Waals surface area contributed by atoms with Crippen molar-refractivity contribution in [3.05, 3.63) is 11.6 Å². The molecule has 1 atom stereocenters. The maximum absolute atomic E-state index is 10.0. The molecule has 0 aromatic heterocycles. The molecule has 0 bridgehead atoms. The summed E-state index contributed by atoms with van der Waals surface area (Å²) in [5, 5.41) is 18.7. The first-order chi connectivity index (χ1) is 7.24. The second-order valence-corrected chi connectivity index (χ2v) is 4.73. The molecule has 88 valence electrons. The maximum Gasteiger partial charge on any atom is 0.0605 e. The number of rotatable bonds is 5. The smallest absolute Gasteiger partial charge is 0.0605 e. The lowest BCUT2D eigenvalue weighted by atomic mass is 9.83. The standard InChI is InChI=1S/C13H24O2/c1-11(6-5-9-14)10-13(15)12-7-3-2-4-8-12/h6,12-15H,2-5,7-10H2,1H3/b11-6-/t13-/m0/s1. The van der Waals surface area contributed by atoms with E-state index in [-0.39, 0.29) is 12.7 Å². The van der Waals surface area contributed by atoms with Crippen molar-refractivity contribution in [2.45, 2.75) is 58.0 Å². The number of hydrogen-bond donors (Lipinski definition) is 2. The van der Waals surface area contributed by atoms with Gasteiger partial charge in [0.2, 0.25) is 0 Å². The Bertz CT molecular complexity index is 193. The number of aliphatic hydroxyl groups is 2. The highest BCUT2D eigenvalue weighted by Gasteiger charge is 2.21. The Morgan fingerprint density at radius 1 is 1.33 bits per heavy atom. The second kappa shape index (κ2) is 7.02. The van der Waals surface area contributed by atoms with Gasteiger partial charge in [-0.1, -0.05) is 30.9 Å². The van der Waals surface area contributed by atoms with Crippen LogP contribution in [0.25, 0.3) is 0 Å². The topological polar surface area (TPSA) is 40.5 Å². The molecule has 0 aromatic carbocycles. The van der Waals surface area contributed by atoms with Gasteiger partial charge in [-0.2, -0.15) is 0 Å². The molecule has 0 heterocycles. The highest BCUT2D eigenvalue weighted by atomic mass is 16.3. The van der Waals surface area contributed by atoms with Crippen LogP contribution < -0.4 is 0 Å². The third-order valence-electron chi connectivity index (χ3n) is 3.35. The van der Waals surface area contributed by atoms with Crippen molar-refractivity contribution in [1.29, 1.82) is 0 Å². The lowest BCUT2D eigenvalue weighted by Gasteiger charge is -2.26. The Hall–Kier alpha value is -0.340. The van der Waals surface area contributed by atoms with E-state index >= 15 is 0 Å². The molecule has 1 fully saturated rings. The van der Waals surface area contributed by atoms with E-state index in [2.05, 4.69) is 0 Å². The van der Waals surface area contributed by atoms with Gasteiger partial charge < -0.3 is 10.2 Å². The number of hydrogen-bond acceptors (Lipinski definition) is 2. The Morgan fingerprint density at radius 2 is 2.00 bits per heavy atom. The Balaban J connectivity index is 2.29. The van der Waals surface area contributed by atoms with Crippen LogP contribution in [-0.4, -0.2) is 22.9 Å². The summed E-state index contributed by atoms with van der Waals surface area (Å²) < 4.78 is 0. The molecule has 0 aromatic rings. The molecule has 0 aliphatic heterocycles. The fourth-order valence-corrected chi connectivity index (χ4v) is 2.41. The van der Waals surface area contributed by atoms with Gasteiger partial charge in [-0.05, 0) is 38.5 Å². The molecule has 0 unspecified atom stereocenters. The summed E-state index contributed by atoms with van der Waals surface area (Å²) in [6.45, 7) is 2.25. The molecule has 2 N–H and O–H groups in total. The molecule has 15 heavy (non-hydrogen) atoms. The summed E-state index contributed by atoms with van der Waals surface area (Å²) in [6.07, 6.45) is 9.63. The van der Waals surface area contributed by atoms with Gasteiger partial charge >= 0.3 is 0 Å². The van der Waals surface area contributed by atoms with E-state index in [1.807, 2.05) is 13.0 Å². The van der Waals surface area contributed by atoms with Crippen LogP contribution in [-0.2, 0) is 0 Å². The third-order valence-corrected chi connectivity index (χ3v) is 3.35. The molecule has 1 aliphatic rings. The van der Waals surface area contributed by atoms with E-state index in [9.17, 15) is 5.11 Å². The Kier molecular flexibility index (Phi) is 5.96. The molecule has 1 aliphatic carbocycles. The third kappa shape index (κ3) is 4.80. The summed E-state index contributed by atoms with van der Waals surface area (Å²) in [5.74, 6) is 0.510. The maximum atomic E-state index is 10.0. The van der Waals surface area contributed by atoms with E-state index in [0.717, 1.165) is 6.42 Å². The van der Waals surface area contributed by atoms with Crippen molar-refractivity contribution in [3.63, 3.8) is 0 Å². The molecule has 0 amide bonds. The van der Waals surface area contributed by atoms with Crippen LogP contribution in [0.4, 0.5) is 0 Å². The molecular formula is C13H24O2. The SMILES string of the molecule is C/C(=C/CCO)C[C@H](O)C1CCCCC1. The van der Waals surface area contributed by atoms with E-state index in [1.165, 1.54) is 37.7 Å². The van der Waals surface area contributed by atoms with Crippen LogP contribution in [0.3, 0.4) is 0 Å². The van der Waals surface area contributed by atoms with Gasteiger partial charge in [0.1, 0.15) is 0 Å². The van der Waals surface area contributed by atoms with E-state index in [4.69, 9.17) is 5.11 Å². The first-order valence-electron chi connectivity index (χ1n) is 6.18. The van der Waals surface area contributed by atoms with Crippen molar-refractivity contribution in [1.82, 2.24) is 0 Å². The van der Waals surface area contributed by atoms with Gasteiger partial charge in [0.15, 0.2) is 0 Å². The van der Waals surface area contributed by atoms with Crippen molar-refractivity contribution in [2.24, 2.45) is 5.92 Å². The normalized spacial score (nSPS) is 21.7. The minimum Gasteiger partial charge on any atom is -0.396 e. The highest BCUT2D eigenvalue weighted by molar-refractivity contribution is 5.00. The summed E-state index contributed by atoms with van der Waals surface area (Å²) >= 11 is 0. The van der Waals surface area contributed by atoms with Crippen LogP contribution in [0.5, 0.6) is 0 Å². The lowest BCUT2D eigenvalue weighted by Crippen LogP contribution is -2.23. The second-order valence-electron chi connectivity index (χ2n) is 4.73. The average molecular weight is 212 g/mol. The van der Waals surface area contributed by atoms with Crippen molar-refractivity contribution in [2.75, 3.05) is 6.61 Å². The van der Waals surface area contributed by atoms with Crippen LogP contribution >= 0.6 is 0 Å². The van der Waals surface area contributed by atoms with E-state index in [0.29, 0.717) is 12.3 Å². The first-order valence-corrected chi connectivity index (χ1v) is 6.18. The van der Waals surface area contributed by atoms with E-state index < -0.39 is 0 Å². The largest absolute Gasteiger partial charge is 0.396 e. The van der Waals surface area contributed by atoms with Crippen molar-refractivity contribution in [3.8, 4) is 0 Å². The minimum atomic E-state index is -0.166. The molecule has 0 radical (unpaired) electrons. The van der Waals surface area contributed by atoms with Gasteiger partial charge in [-0.25, -0.2) is 0 Å². The van der Waals surface area contributed by atoms with Gasteiger partial charge in [0.05, 0.1) is 6.10 Å². The zero-order valence-corrected chi connectivity index (χ0v) is 9.78. The first kappa shape index (κ1) is 12.7. The predicted molar refractivity (Wildman–Crippen MR) is 62.7 cm³/mol. The molecule has 1 rings (SSSR count). The van der Waals surface area contributed by atoms with Crippen LogP contribution in [0, 0.1) is 5.92 Å². The summed E-state index contributed by atoms with van der Waals surface area (Å²) in [6, 6.07) is 0. The van der Waals surface area contributed by atoms with Gasteiger partial charge in [0.25, 0.3) is 0 Å². The molecule has 2 heteroatoms. The molecule has 1 saturated carbocycles. The lowest BCUT2D eigenvalue weighted by molar-refractivity contribution is 0.0850. The van der Waals surface area contributed by atoms with Crippen LogP contribution in [0.2, 0.25) is 0 Å². The van der Waals surface area contributed by atoms with Crippen molar-refractivity contribution >= 4 is 0 Å². The summed E-state index contributed by atoms with van der Waals surface area (Å²) in [4.78, 5) is 0. The molecule has 0 saturated heterocycles. The summed E-state index contributed by atoms with van der Waals surface area (Å²) in [7, 11) is 0. The molecule has 2 nitrogen and oxygen atoms in total. The number of aliphatic hydroxyl groups excluding tert-OH is 2. The van der Waals surface area contributed by atoms with Gasteiger partial charge in [-0.3, -0.25) is 0 Å². The predicted octanol–water partition coefficient (Wildman–Crippen LogP) is 2.65. The molecular weight excluding hydrogens is 188 g/mol. The highest BCUT2D eigenvalue weighted by Crippen LogP contribution is 2.28. The van der Waals surface area contributed by atoms with Crippen LogP contribution in [0.1, 0.15) is 51.9 Å². The Morgan fingerprint density at radius 3 is 2.60 bits per heavy atom. The average Bonchev–Trinajstić information content (AvgIpc) is 2.27. The fourth-order valence-electron chi connectivity index (χ4n) is 2.41. The van der Waals surface area contributed by atoms with Gasteiger partial charge in [-0.15, -0.1) is 0 Å². The minimum absolute atomic E-state index is 0.166. The van der Waals surface area contributed by atoms with E-state index in [1.54, 1.807) is 0 Å². The zero-order chi connectivity index (χ0) is 11.1. The monoisotopic (exact) mass is 212 g/mol. The van der Waals surface area contributed by atoms with Gasteiger partial charge in [0, 0.05) is 6.61 Å². The summed E-state index contributed by atoms with van der Waals surface area (Å²) in [5.41, 5.74) is 1.21. The fraction of sp³-hybridized carbons (Fsp3) is 0.846. The molecule has 0 spiro atoms. The van der Waals surface area contributed by atoms with Crippen LogP contribution in [0.15, 0.2) is 11.6 Å². The Labute approximate surface area is 93.0 Å².